The number of rotatable bonds is 4. The minimum absolute atomic E-state index is 0.282. The van der Waals surface area contributed by atoms with Crippen LogP contribution >= 0.6 is 11.3 Å². The van der Waals surface area contributed by atoms with Crippen molar-refractivity contribution in [3.8, 4) is 5.75 Å². The molecule has 3 aromatic rings. The van der Waals surface area contributed by atoms with Crippen LogP contribution in [0.2, 0.25) is 0 Å². The van der Waals surface area contributed by atoms with Crippen LogP contribution < -0.4 is 15.8 Å². The van der Waals surface area contributed by atoms with Gasteiger partial charge in [0.05, 0.1) is 15.2 Å². The van der Waals surface area contributed by atoms with Gasteiger partial charge in [0, 0.05) is 11.5 Å². The molecule has 0 aliphatic carbocycles. The van der Waals surface area contributed by atoms with Crippen molar-refractivity contribution in [3.63, 3.8) is 0 Å². The van der Waals surface area contributed by atoms with Gasteiger partial charge in [-0.1, -0.05) is 6.92 Å². The average molecular weight is 342 g/mol. The fourth-order valence-corrected chi connectivity index (χ4v) is 4.41. The summed E-state index contributed by atoms with van der Waals surface area (Å²) in [7, 11) is 0. The molecule has 3 heterocycles. The number of nitrogen functional groups attached to an aromatic ring is 1. The number of benzene rings is 1. The maximum absolute atomic E-state index is 6.15. The number of thiazole rings is 1. The fourth-order valence-electron chi connectivity index (χ4n) is 3.20. The largest absolute Gasteiger partial charge is 0.490 e. The highest BCUT2D eigenvalue weighted by Crippen LogP contribution is 2.34. The Kier molecular flexibility index (Phi) is 4.24. The molecule has 0 amide bonds. The average Bonchev–Trinajstić information content (AvgIpc) is 3.01. The lowest BCUT2D eigenvalue weighted by molar-refractivity contribution is 0.162. The number of nitrogens with zero attached hydrogens (tertiary/aromatic N) is 2. The lowest BCUT2D eigenvalue weighted by Gasteiger charge is -2.23. The van der Waals surface area contributed by atoms with E-state index in [2.05, 4.69) is 28.3 Å². The van der Waals surface area contributed by atoms with E-state index in [4.69, 9.17) is 10.5 Å². The van der Waals surface area contributed by atoms with Gasteiger partial charge in [-0.15, -0.1) is 11.3 Å². The van der Waals surface area contributed by atoms with Gasteiger partial charge in [0.25, 0.3) is 0 Å². The van der Waals surface area contributed by atoms with Gasteiger partial charge in [-0.05, 0) is 50.9 Å². The molecular weight excluding hydrogens is 320 g/mol. The van der Waals surface area contributed by atoms with E-state index in [1.54, 1.807) is 11.3 Å². The standard InChI is InChI=1S/C18H22N4OS/c1-2-3-15-22-16-17(24-15)13-5-4-12(10-14(13)21-18(16)19)23-11-6-8-20-9-7-11/h4-5,10-11,20H,2-3,6-9H2,1H3,(H2,19,21). The summed E-state index contributed by atoms with van der Waals surface area (Å²) in [5.74, 6) is 1.38. The van der Waals surface area contributed by atoms with Crippen LogP contribution in [0, 0.1) is 0 Å². The Morgan fingerprint density at radius 2 is 2.12 bits per heavy atom. The minimum atomic E-state index is 0.282. The van der Waals surface area contributed by atoms with Crippen molar-refractivity contribution in [2.24, 2.45) is 0 Å². The number of fused-ring (bicyclic) bond motifs is 3. The molecule has 0 bridgehead atoms. The zero-order chi connectivity index (χ0) is 16.5. The zero-order valence-corrected chi connectivity index (χ0v) is 14.7. The number of aromatic nitrogens is 2. The van der Waals surface area contributed by atoms with E-state index in [-0.39, 0.29) is 6.10 Å². The number of nitrogens with one attached hydrogen (secondary N) is 1. The molecule has 1 aliphatic rings. The maximum atomic E-state index is 6.15. The first-order valence-electron chi connectivity index (χ1n) is 8.60. The molecule has 1 saturated heterocycles. The van der Waals surface area contributed by atoms with Gasteiger partial charge in [-0.25, -0.2) is 9.97 Å². The van der Waals surface area contributed by atoms with E-state index < -0.39 is 0 Å². The zero-order valence-electron chi connectivity index (χ0n) is 13.8. The summed E-state index contributed by atoms with van der Waals surface area (Å²) in [6.07, 6.45) is 4.43. The number of nitrogens with two attached hydrogens (primary N) is 1. The van der Waals surface area contributed by atoms with Crippen molar-refractivity contribution in [1.29, 1.82) is 0 Å². The van der Waals surface area contributed by atoms with E-state index in [1.807, 2.05) is 12.1 Å². The van der Waals surface area contributed by atoms with Crippen LogP contribution in [-0.2, 0) is 6.42 Å². The second-order valence-corrected chi connectivity index (χ2v) is 7.36. The molecule has 0 spiro atoms. The van der Waals surface area contributed by atoms with Crippen LogP contribution in [-0.4, -0.2) is 29.2 Å². The Balaban J connectivity index is 1.72. The summed E-state index contributed by atoms with van der Waals surface area (Å²) in [6.45, 7) is 4.20. The van der Waals surface area contributed by atoms with Gasteiger partial charge in [0.15, 0.2) is 5.82 Å². The molecule has 24 heavy (non-hydrogen) atoms. The second kappa shape index (κ2) is 6.53. The number of hydrogen-bond acceptors (Lipinski definition) is 6. The third-order valence-electron chi connectivity index (χ3n) is 4.42. The smallest absolute Gasteiger partial charge is 0.151 e. The Hall–Kier alpha value is -1.92. The molecule has 3 N–H and O–H groups in total. The molecule has 4 rings (SSSR count). The molecule has 0 saturated carbocycles. The van der Waals surface area contributed by atoms with Crippen molar-refractivity contribution in [2.75, 3.05) is 18.8 Å². The third-order valence-corrected chi connectivity index (χ3v) is 5.57. The van der Waals surface area contributed by atoms with Crippen LogP contribution in [0.4, 0.5) is 5.82 Å². The molecule has 0 atom stereocenters. The number of hydrogen-bond donors (Lipinski definition) is 2. The van der Waals surface area contributed by atoms with Gasteiger partial charge in [0.2, 0.25) is 0 Å². The second-order valence-electron chi connectivity index (χ2n) is 6.28. The Morgan fingerprint density at radius 3 is 2.92 bits per heavy atom. The quantitative estimate of drug-likeness (QED) is 0.759. The normalized spacial score (nSPS) is 16.0. The van der Waals surface area contributed by atoms with Gasteiger partial charge in [0.1, 0.15) is 17.4 Å². The maximum Gasteiger partial charge on any atom is 0.151 e. The van der Waals surface area contributed by atoms with Gasteiger partial charge in [-0.2, -0.15) is 0 Å². The first kappa shape index (κ1) is 15.6. The first-order chi connectivity index (χ1) is 11.7. The first-order valence-corrected chi connectivity index (χ1v) is 9.42. The summed E-state index contributed by atoms with van der Waals surface area (Å²) in [5.41, 5.74) is 7.87. The van der Waals surface area contributed by atoms with E-state index in [0.29, 0.717) is 5.82 Å². The van der Waals surface area contributed by atoms with Crippen LogP contribution in [0.1, 0.15) is 31.2 Å². The van der Waals surface area contributed by atoms with E-state index >= 15 is 0 Å². The van der Waals surface area contributed by atoms with Crippen LogP contribution in [0.3, 0.4) is 0 Å². The van der Waals surface area contributed by atoms with E-state index in [0.717, 1.165) is 70.6 Å². The highest BCUT2D eigenvalue weighted by molar-refractivity contribution is 7.19. The highest BCUT2D eigenvalue weighted by Gasteiger charge is 2.16. The molecule has 0 unspecified atom stereocenters. The Morgan fingerprint density at radius 1 is 1.29 bits per heavy atom. The lowest BCUT2D eigenvalue weighted by atomic mass is 10.1. The van der Waals surface area contributed by atoms with E-state index in [1.165, 1.54) is 0 Å². The topological polar surface area (TPSA) is 73.1 Å². The van der Waals surface area contributed by atoms with Gasteiger partial charge in [-0.3, -0.25) is 0 Å². The Labute approximate surface area is 145 Å². The summed E-state index contributed by atoms with van der Waals surface area (Å²) < 4.78 is 7.26. The highest BCUT2D eigenvalue weighted by atomic mass is 32.1. The van der Waals surface area contributed by atoms with E-state index in [9.17, 15) is 0 Å². The molecule has 6 heteroatoms. The van der Waals surface area contributed by atoms with Gasteiger partial charge < -0.3 is 15.8 Å². The molecule has 5 nitrogen and oxygen atoms in total. The lowest BCUT2D eigenvalue weighted by Crippen LogP contribution is -2.34. The summed E-state index contributed by atoms with van der Waals surface area (Å²) in [4.78, 5) is 9.22. The molecule has 2 aromatic heterocycles. The van der Waals surface area contributed by atoms with Crippen LogP contribution in [0.15, 0.2) is 18.2 Å². The summed E-state index contributed by atoms with van der Waals surface area (Å²) >= 11 is 1.73. The SMILES string of the molecule is CCCc1nc2c(N)nc3cc(OC4CCNCC4)ccc3c2s1. The van der Waals surface area contributed by atoms with Crippen LogP contribution in [0.5, 0.6) is 5.75 Å². The number of ether oxygens (including phenoxy) is 1. The van der Waals surface area contributed by atoms with Crippen molar-refractivity contribution < 1.29 is 4.74 Å². The Bertz CT molecular complexity index is 870. The summed E-state index contributed by atoms with van der Waals surface area (Å²) in [5, 5.41) is 5.59. The number of anilines is 1. The van der Waals surface area contributed by atoms with Crippen LogP contribution in [0.25, 0.3) is 21.1 Å². The van der Waals surface area contributed by atoms with Gasteiger partial charge >= 0.3 is 0 Å². The number of piperidine rings is 1. The molecule has 1 fully saturated rings. The minimum Gasteiger partial charge on any atom is -0.490 e. The number of aryl methyl sites for hydroxylation is 1. The van der Waals surface area contributed by atoms with Crippen molar-refractivity contribution in [3.05, 3.63) is 23.2 Å². The van der Waals surface area contributed by atoms with Crippen molar-refractivity contribution in [2.45, 2.75) is 38.7 Å². The molecular formula is C18H22N4OS. The van der Waals surface area contributed by atoms with Crippen molar-refractivity contribution in [1.82, 2.24) is 15.3 Å². The molecule has 0 radical (unpaired) electrons. The molecule has 126 valence electrons. The van der Waals surface area contributed by atoms with Crippen molar-refractivity contribution >= 4 is 38.3 Å². The predicted molar refractivity (Wildman–Crippen MR) is 99.8 cm³/mol. The molecule has 1 aromatic carbocycles. The summed E-state index contributed by atoms with van der Waals surface area (Å²) in [6, 6.07) is 6.14. The third kappa shape index (κ3) is 2.91. The monoisotopic (exact) mass is 342 g/mol. The molecule has 1 aliphatic heterocycles. The predicted octanol–water partition coefficient (Wildman–Crippen LogP) is 3.51. The fraction of sp³-hybridized carbons (Fsp3) is 0.444. The number of pyridine rings is 1.